The van der Waals surface area contributed by atoms with E-state index in [2.05, 4.69) is 0 Å². The van der Waals surface area contributed by atoms with Crippen molar-refractivity contribution in [3.05, 3.63) is 71.5 Å². The summed E-state index contributed by atoms with van der Waals surface area (Å²) in [5.41, 5.74) is 1.80. The van der Waals surface area contributed by atoms with Crippen molar-refractivity contribution in [2.45, 2.75) is 18.9 Å². The zero-order valence-electron chi connectivity index (χ0n) is 14.0. The predicted octanol–water partition coefficient (Wildman–Crippen LogP) is 3.13. The molecule has 4 nitrogen and oxygen atoms in total. The number of likely N-dealkylation sites (tertiary alicyclic amines) is 1. The molecule has 1 aliphatic heterocycles. The van der Waals surface area contributed by atoms with Crippen LogP contribution in [-0.4, -0.2) is 30.4 Å². The molecule has 0 radical (unpaired) electrons. The van der Waals surface area contributed by atoms with Gasteiger partial charge in [-0.2, -0.15) is 0 Å². The minimum atomic E-state index is -0.895. The normalized spacial score (nSPS) is 20.4. The van der Waals surface area contributed by atoms with Gasteiger partial charge in [0.2, 0.25) is 5.91 Å². The molecule has 1 saturated heterocycles. The topological polar surface area (TPSA) is 46.6 Å². The summed E-state index contributed by atoms with van der Waals surface area (Å²) in [4.78, 5) is 26.9. The average molecular weight is 341 g/mol. The summed E-state index contributed by atoms with van der Waals surface area (Å²) < 4.78 is 18.1. The monoisotopic (exact) mass is 341 g/mol. The molecule has 25 heavy (non-hydrogen) atoms. The Morgan fingerprint density at radius 2 is 1.84 bits per heavy atom. The van der Waals surface area contributed by atoms with E-state index in [4.69, 9.17) is 4.74 Å². The molecule has 1 heterocycles. The molecule has 130 valence electrons. The molecule has 3 rings (SSSR count). The predicted molar refractivity (Wildman–Crippen MR) is 91.1 cm³/mol. The number of benzene rings is 2. The molecule has 2 aromatic rings. The van der Waals surface area contributed by atoms with Crippen LogP contribution >= 0.6 is 0 Å². The van der Waals surface area contributed by atoms with E-state index in [1.165, 1.54) is 19.2 Å². The van der Waals surface area contributed by atoms with Gasteiger partial charge < -0.3 is 9.64 Å². The van der Waals surface area contributed by atoms with Crippen molar-refractivity contribution in [3.8, 4) is 0 Å². The molecular weight excluding hydrogens is 321 g/mol. The van der Waals surface area contributed by atoms with Crippen LogP contribution in [0.1, 0.15) is 23.5 Å². The number of piperidine rings is 1. The number of carbonyl (C=O) groups is 2. The van der Waals surface area contributed by atoms with Gasteiger partial charge in [-0.1, -0.05) is 42.5 Å². The molecule has 0 N–H and O–H groups in total. The lowest BCUT2D eigenvalue weighted by Gasteiger charge is -2.36. The first-order valence-corrected chi connectivity index (χ1v) is 8.26. The van der Waals surface area contributed by atoms with Crippen molar-refractivity contribution in [2.75, 3.05) is 13.7 Å². The number of esters is 1. The lowest BCUT2D eigenvalue weighted by molar-refractivity contribution is -0.157. The molecule has 2 atom stereocenters. The van der Waals surface area contributed by atoms with E-state index in [1.807, 2.05) is 30.3 Å². The van der Waals surface area contributed by atoms with E-state index < -0.39 is 11.9 Å². The maximum absolute atomic E-state index is 13.2. The van der Waals surface area contributed by atoms with Gasteiger partial charge in [-0.15, -0.1) is 0 Å². The molecule has 1 aliphatic rings. The van der Waals surface area contributed by atoms with Crippen LogP contribution in [0.5, 0.6) is 0 Å². The van der Waals surface area contributed by atoms with Crippen LogP contribution in [0.25, 0.3) is 0 Å². The number of rotatable bonds is 4. The second kappa shape index (κ2) is 7.47. The highest BCUT2D eigenvalue weighted by Gasteiger charge is 2.42. The summed E-state index contributed by atoms with van der Waals surface area (Å²) in [6.45, 7) is 1.01. The Balaban J connectivity index is 1.84. The third-order valence-electron chi connectivity index (χ3n) is 4.66. The molecule has 0 bridgehead atoms. The molecular formula is C20H20FNO3. The highest BCUT2D eigenvalue weighted by Crippen LogP contribution is 2.35. The van der Waals surface area contributed by atoms with Crippen LogP contribution in [0.4, 0.5) is 4.39 Å². The second-order valence-electron chi connectivity index (χ2n) is 6.19. The smallest absolute Gasteiger partial charge is 0.318 e. The number of amides is 1. The summed E-state index contributed by atoms with van der Waals surface area (Å²) in [7, 11) is 1.29. The summed E-state index contributed by atoms with van der Waals surface area (Å²) in [5, 5.41) is 0. The van der Waals surface area contributed by atoms with Crippen LogP contribution in [0.15, 0.2) is 54.6 Å². The van der Waals surface area contributed by atoms with Crippen LogP contribution in [0, 0.1) is 11.7 Å². The Kier molecular flexibility index (Phi) is 5.12. The number of hydrogen-bond donors (Lipinski definition) is 0. The minimum Gasteiger partial charge on any atom is -0.468 e. The fourth-order valence-electron chi connectivity index (χ4n) is 3.36. The molecule has 1 unspecified atom stereocenters. The van der Waals surface area contributed by atoms with Gasteiger partial charge in [-0.3, -0.25) is 9.59 Å². The van der Waals surface area contributed by atoms with Crippen molar-refractivity contribution < 1.29 is 18.7 Å². The van der Waals surface area contributed by atoms with Gasteiger partial charge in [-0.05, 0) is 29.7 Å². The minimum absolute atomic E-state index is 0.240. The molecule has 0 aromatic heterocycles. The zero-order chi connectivity index (χ0) is 17.8. The van der Waals surface area contributed by atoms with E-state index in [0.717, 1.165) is 11.1 Å². The quantitative estimate of drug-likeness (QED) is 0.634. The Bertz CT molecular complexity index is 745. The Morgan fingerprint density at radius 3 is 2.48 bits per heavy atom. The molecule has 2 aromatic carbocycles. The van der Waals surface area contributed by atoms with E-state index >= 15 is 0 Å². The van der Waals surface area contributed by atoms with Crippen molar-refractivity contribution in [3.63, 3.8) is 0 Å². The highest BCUT2D eigenvalue weighted by molar-refractivity contribution is 5.99. The Morgan fingerprint density at radius 1 is 1.16 bits per heavy atom. The summed E-state index contributed by atoms with van der Waals surface area (Å²) in [6, 6.07) is 15.6. The average Bonchev–Trinajstić information content (AvgIpc) is 2.64. The molecule has 5 heteroatoms. The van der Waals surface area contributed by atoms with Crippen molar-refractivity contribution >= 4 is 11.9 Å². The Labute approximate surface area is 146 Å². The van der Waals surface area contributed by atoms with Crippen LogP contribution in [0.2, 0.25) is 0 Å². The first-order valence-electron chi connectivity index (χ1n) is 8.26. The lowest BCUT2D eigenvalue weighted by Crippen LogP contribution is -2.47. The van der Waals surface area contributed by atoms with Gasteiger partial charge in [0.15, 0.2) is 0 Å². The standard InChI is InChI=1S/C20H20FNO3/c1-25-20(24)18-17(15-7-9-16(21)10-8-15)11-12-22(19(18)23)13-14-5-3-2-4-6-14/h2-10,17-18H,11-13H2,1H3/t17?,18-/m1/s1. The van der Waals surface area contributed by atoms with Gasteiger partial charge >= 0.3 is 5.97 Å². The molecule has 0 saturated carbocycles. The van der Waals surface area contributed by atoms with E-state index in [9.17, 15) is 14.0 Å². The lowest BCUT2D eigenvalue weighted by atomic mass is 9.79. The van der Waals surface area contributed by atoms with Crippen molar-refractivity contribution in [1.29, 1.82) is 0 Å². The van der Waals surface area contributed by atoms with Gasteiger partial charge in [0, 0.05) is 19.0 Å². The van der Waals surface area contributed by atoms with Gasteiger partial charge in [-0.25, -0.2) is 4.39 Å². The third-order valence-corrected chi connectivity index (χ3v) is 4.66. The first-order chi connectivity index (χ1) is 12.1. The van der Waals surface area contributed by atoms with Crippen LogP contribution < -0.4 is 0 Å². The van der Waals surface area contributed by atoms with E-state index in [0.29, 0.717) is 19.5 Å². The van der Waals surface area contributed by atoms with Gasteiger partial charge in [0.05, 0.1) is 7.11 Å². The maximum Gasteiger partial charge on any atom is 0.318 e. The number of halogens is 1. The fourth-order valence-corrected chi connectivity index (χ4v) is 3.36. The molecule has 1 fully saturated rings. The summed E-state index contributed by atoms with van der Waals surface area (Å²) >= 11 is 0. The van der Waals surface area contributed by atoms with Crippen molar-refractivity contribution in [1.82, 2.24) is 4.90 Å². The summed E-state index contributed by atoms with van der Waals surface area (Å²) in [6.07, 6.45) is 0.629. The molecule has 0 spiro atoms. The Hall–Kier alpha value is -2.69. The first kappa shape index (κ1) is 17.1. The largest absolute Gasteiger partial charge is 0.468 e. The van der Waals surface area contributed by atoms with Gasteiger partial charge in [0.25, 0.3) is 0 Å². The highest BCUT2D eigenvalue weighted by atomic mass is 19.1. The van der Waals surface area contributed by atoms with Gasteiger partial charge in [0.1, 0.15) is 11.7 Å². The van der Waals surface area contributed by atoms with Crippen LogP contribution in [-0.2, 0) is 20.9 Å². The van der Waals surface area contributed by atoms with E-state index in [-0.39, 0.29) is 17.6 Å². The fraction of sp³-hybridized carbons (Fsp3) is 0.300. The molecule has 0 aliphatic carbocycles. The number of ether oxygens (including phenoxy) is 1. The maximum atomic E-state index is 13.2. The number of nitrogens with zero attached hydrogens (tertiary/aromatic N) is 1. The second-order valence-corrected chi connectivity index (χ2v) is 6.19. The number of hydrogen-bond acceptors (Lipinski definition) is 3. The SMILES string of the molecule is COC(=O)[C@H]1C(=O)N(Cc2ccccc2)CCC1c1ccc(F)cc1. The summed E-state index contributed by atoms with van der Waals surface area (Å²) in [5.74, 6) is -2.32. The third kappa shape index (κ3) is 3.71. The number of methoxy groups -OCH3 is 1. The van der Waals surface area contributed by atoms with Crippen molar-refractivity contribution in [2.24, 2.45) is 5.92 Å². The molecule has 1 amide bonds. The van der Waals surface area contributed by atoms with Crippen LogP contribution in [0.3, 0.4) is 0 Å². The number of carbonyl (C=O) groups excluding carboxylic acids is 2. The van der Waals surface area contributed by atoms with E-state index in [1.54, 1.807) is 17.0 Å². The zero-order valence-corrected chi connectivity index (χ0v) is 14.0.